The van der Waals surface area contributed by atoms with E-state index in [4.69, 9.17) is 5.11 Å². The minimum atomic E-state index is -0.957. The fourth-order valence-corrected chi connectivity index (χ4v) is 1.29. The Balaban J connectivity index is 2.70. The van der Waals surface area contributed by atoms with Crippen LogP contribution >= 0.6 is 0 Å². The van der Waals surface area contributed by atoms with Gasteiger partial charge in [-0.2, -0.15) is 4.39 Å². The molecule has 1 aromatic rings. The summed E-state index contributed by atoms with van der Waals surface area (Å²) in [5.41, 5.74) is -0.540. The number of nitro benzene ring substituents is 1. The number of rotatable bonds is 5. The highest BCUT2D eigenvalue weighted by atomic mass is 19.1. The van der Waals surface area contributed by atoms with Gasteiger partial charge in [-0.25, -0.2) is 0 Å². The molecule has 1 unspecified atom stereocenters. The lowest BCUT2D eigenvalue weighted by atomic mass is 10.2. The lowest BCUT2D eigenvalue weighted by Crippen LogP contribution is -2.14. The molecule has 0 aromatic heterocycles. The molecule has 1 rings (SSSR count). The number of benzene rings is 1. The second-order valence-electron chi connectivity index (χ2n) is 3.86. The Morgan fingerprint density at radius 3 is 2.83 bits per heavy atom. The molecule has 0 heterocycles. The average molecular weight is 256 g/mol. The molecule has 1 amide bonds. The van der Waals surface area contributed by atoms with Crippen LogP contribution in [0.4, 0.5) is 15.8 Å². The molecule has 1 atom stereocenters. The topological polar surface area (TPSA) is 92.5 Å². The highest BCUT2D eigenvalue weighted by Gasteiger charge is 2.15. The molecule has 0 aliphatic rings. The van der Waals surface area contributed by atoms with Crippen LogP contribution in [0.3, 0.4) is 0 Å². The SMILES string of the molecule is CC(O)CCC(=O)Nc1ccc(F)c([N+](=O)[O-])c1. The Hall–Kier alpha value is -2.02. The van der Waals surface area contributed by atoms with E-state index in [1.807, 2.05) is 0 Å². The van der Waals surface area contributed by atoms with Crippen LogP contribution in [0.25, 0.3) is 0 Å². The second-order valence-corrected chi connectivity index (χ2v) is 3.86. The molecule has 2 N–H and O–H groups in total. The first kappa shape index (κ1) is 14.0. The molecule has 0 aliphatic heterocycles. The predicted molar refractivity (Wildman–Crippen MR) is 62.6 cm³/mol. The fourth-order valence-electron chi connectivity index (χ4n) is 1.29. The van der Waals surface area contributed by atoms with Gasteiger partial charge in [0, 0.05) is 18.2 Å². The van der Waals surface area contributed by atoms with Crippen molar-refractivity contribution in [3.8, 4) is 0 Å². The zero-order valence-electron chi connectivity index (χ0n) is 9.72. The summed E-state index contributed by atoms with van der Waals surface area (Å²) >= 11 is 0. The summed E-state index contributed by atoms with van der Waals surface area (Å²) in [6.45, 7) is 1.55. The van der Waals surface area contributed by atoms with Crippen molar-refractivity contribution in [2.45, 2.75) is 25.9 Å². The predicted octanol–water partition coefficient (Wildman–Crippen LogP) is 1.83. The lowest BCUT2D eigenvalue weighted by Gasteiger charge is -2.06. The first-order valence-electron chi connectivity index (χ1n) is 5.32. The maximum atomic E-state index is 13.0. The number of nitrogens with zero attached hydrogens (tertiary/aromatic N) is 1. The minimum absolute atomic E-state index is 0.0862. The van der Waals surface area contributed by atoms with Gasteiger partial charge >= 0.3 is 5.69 Å². The van der Waals surface area contributed by atoms with E-state index < -0.39 is 28.4 Å². The smallest absolute Gasteiger partial charge is 0.306 e. The molecule has 0 radical (unpaired) electrons. The van der Waals surface area contributed by atoms with Crippen molar-refractivity contribution in [3.63, 3.8) is 0 Å². The third-order valence-corrected chi connectivity index (χ3v) is 2.22. The maximum absolute atomic E-state index is 13.0. The molecular formula is C11H13FN2O4. The summed E-state index contributed by atoms with van der Waals surface area (Å²) in [6, 6.07) is 3.11. The largest absolute Gasteiger partial charge is 0.393 e. The second kappa shape index (κ2) is 6.06. The van der Waals surface area contributed by atoms with Crippen LogP contribution in [0.5, 0.6) is 0 Å². The minimum Gasteiger partial charge on any atom is -0.393 e. The molecule has 18 heavy (non-hydrogen) atoms. The molecule has 0 spiro atoms. The van der Waals surface area contributed by atoms with Crippen LogP contribution in [0.1, 0.15) is 19.8 Å². The molecule has 0 saturated heterocycles. The van der Waals surface area contributed by atoms with E-state index in [2.05, 4.69) is 5.32 Å². The molecular weight excluding hydrogens is 243 g/mol. The van der Waals surface area contributed by atoms with Crippen LogP contribution in [0.15, 0.2) is 18.2 Å². The number of hydrogen-bond donors (Lipinski definition) is 2. The Morgan fingerprint density at radius 2 is 2.28 bits per heavy atom. The molecule has 0 fully saturated rings. The number of carbonyl (C=O) groups excluding carboxylic acids is 1. The van der Waals surface area contributed by atoms with E-state index in [-0.39, 0.29) is 18.5 Å². The van der Waals surface area contributed by atoms with Crippen molar-refractivity contribution in [1.82, 2.24) is 0 Å². The number of nitro groups is 1. The van der Waals surface area contributed by atoms with Crippen molar-refractivity contribution < 1.29 is 19.2 Å². The number of aliphatic hydroxyl groups excluding tert-OH is 1. The van der Waals surface area contributed by atoms with E-state index in [1.54, 1.807) is 6.92 Å². The van der Waals surface area contributed by atoms with Gasteiger partial charge in [0.25, 0.3) is 0 Å². The van der Waals surface area contributed by atoms with Gasteiger partial charge in [-0.15, -0.1) is 0 Å². The van der Waals surface area contributed by atoms with E-state index in [0.29, 0.717) is 0 Å². The third kappa shape index (κ3) is 4.10. The lowest BCUT2D eigenvalue weighted by molar-refractivity contribution is -0.387. The quantitative estimate of drug-likeness (QED) is 0.621. The van der Waals surface area contributed by atoms with Gasteiger partial charge in [0.1, 0.15) is 0 Å². The Kier molecular flexibility index (Phi) is 4.73. The summed E-state index contributed by atoms with van der Waals surface area (Å²) in [5, 5.41) is 21.9. The molecule has 0 bridgehead atoms. The maximum Gasteiger partial charge on any atom is 0.306 e. The number of hydrogen-bond acceptors (Lipinski definition) is 4. The fraction of sp³-hybridized carbons (Fsp3) is 0.364. The highest BCUT2D eigenvalue weighted by molar-refractivity contribution is 5.91. The van der Waals surface area contributed by atoms with Gasteiger partial charge in [0.05, 0.1) is 11.0 Å². The van der Waals surface area contributed by atoms with Gasteiger partial charge in [0.2, 0.25) is 11.7 Å². The van der Waals surface area contributed by atoms with Crippen molar-refractivity contribution in [1.29, 1.82) is 0 Å². The zero-order chi connectivity index (χ0) is 13.7. The van der Waals surface area contributed by atoms with Gasteiger partial charge in [-0.3, -0.25) is 14.9 Å². The van der Waals surface area contributed by atoms with Crippen LogP contribution in [-0.4, -0.2) is 22.0 Å². The number of amides is 1. The highest BCUT2D eigenvalue weighted by Crippen LogP contribution is 2.21. The van der Waals surface area contributed by atoms with E-state index in [9.17, 15) is 19.3 Å². The molecule has 6 nitrogen and oxygen atoms in total. The summed E-state index contributed by atoms with van der Waals surface area (Å²) in [5.74, 6) is -1.35. The zero-order valence-corrected chi connectivity index (χ0v) is 9.72. The van der Waals surface area contributed by atoms with Gasteiger partial charge in [0.15, 0.2) is 0 Å². The van der Waals surface area contributed by atoms with Crippen LogP contribution < -0.4 is 5.32 Å². The normalized spacial score (nSPS) is 11.9. The summed E-state index contributed by atoms with van der Waals surface area (Å²) in [4.78, 5) is 21.0. The summed E-state index contributed by atoms with van der Waals surface area (Å²) < 4.78 is 13.0. The van der Waals surface area contributed by atoms with E-state index in [0.717, 1.165) is 12.1 Å². The molecule has 98 valence electrons. The summed E-state index contributed by atoms with van der Waals surface area (Å²) in [7, 11) is 0. The molecule has 0 saturated carbocycles. The number of nitrogens with one attached hydrogen (secondary N) is 1. The standard InChI is InChI=1S/C11H13FN2O4/c1-7(15)2-5-11(16)13-8-3-4-9(12)10(6-8)14(17)18/h3-4,6-7,15H,2,5H2,1H3,(H,13,16). The van der Waals surface area contributed by atoms with Crippen molar-refractivity contribution >= 4 is 17.3 Å². The van der Waals surface area contributed by atoms with Crippen LogP contribution in [0.2, 0.25) is 0 Å². The van der Waals surface area contributed by atoms with Gasteiger partial charge in [-0.05, 0) is 25.5 Å². The number of halogens is 1. The van der Waals surface area contributed by atoms with Crippen LogP contribution in [-0.2, 0) is 4.79 Å². The first-order valence-corrected chi connectivity index (χ1v) is 5.32. The van der Waals surface area contributed by atoms with Crippen molar-refractivity contribution in [2.24, 2.45) is 0 Å². The number of carbonyl (C=O) groups is 1. The monoisotopic (exact) mass is 256 g/mol. The van der Waals surface area contributed by atoms with Crippen LogP contribution in [0, 0.1) is 15.9 Å². The Labute approximate surface area is 103 Å². The number of anilines is 1. The number of aliphatic hydroxyl groups is 1. The van der Waals surface area contributed by atoms with E-state index >= 15 is 0 Å². The van der Waals surface area contributed by atoms with Crippen molar-refractivity contribution in [3.05, 3.63) is 34.1 Å². The first-order chi connectivity index (χ1) is 8.40. The third-order valence-electron chi connectivity index (χ3n) is 2.22. The van der Waals surface area contributed by atoms with Crippen molar-refractivity contribution in [2.75, 3.05) is 5.32 Å². The van der Waals surface area contributed by atoms with Gasteiger partial charge in [-0.1, -0.05) is 0 Å². The average Bonchev–Trinajstić information content (AvgIpc) is 2.28. The molecule has 7 heteroatoms. The summed E-state index contributed by atoms with van der Waals surface area (Å²) in [6.07, 6.45) is -0.226. The molecule has 0 aliphatic carbocycles. The van der Waals surface area contributed by atoms with Gasteiger partial charge < -0.3 is 10.4 Å². The molecule has 1 aromatic carbocycles. The Bertz CT molecular complexity index is 462. The Morgan fingerprint density at radius 1 is 1.61 bits per heavy atom. The van der Waals surface area contributed by atoms with E-state index in [1.165, 1.54) is 6.07 Å².